The molecule has 1 aliphatic heterocycles. The van der Waals surface area contributed by atoms with Crippen LogP contribution >= 0.6 is 11.6 Å². The Kier molecular flexibility index (Phi) is 6.97. The number of pyridine rings is 1. The van der Waals surface area contributed by atoms with Crippen LogP contribution in [0.3, 0.4) is 0 Å². The molecule has 3 N–H and O–H groups in total. The highest BCUT2D eigenvalue weighted by Crippen LogP contribution is 2.34. The topological polar surface area (TPSA) is 85.2 Å². The summed E-state index contributed by atoms with van der Waals surface area (Å²) in [5.74, 6) is 0.537. The molecule has 8 heteroatoms. The van der Waals surface area contributed by atoms with Gasteiger partial charge in [-0.1, -0.05) is 11.6 Å². The highest BCUT2D eigenvalue weighted by Gasteiger charge is 2.18. The maximum atomic E-state index is 9.88. The minimum atomic E-state index is -0.125. The first-order valence-corrected chi connectivity index (χ1v) is 11.0. The minimum absolute atomic E-state index is 0.125. The van der Waals surface area contributed by atoms with Gasteiger partial charge in [0, 0.05) is 42.8 Å². The second-order valence-electron chi connectivity index (χ2n) is 7.72. The second kappa shape index (κ2) is 9.87. The molecule has 1 fully saturated rings. The molecule has 0 amide bonds. The predicted octanol–water partition coefficient (Wildman–Crippen LogP) is 3.27. The molecule has 0 atom stereocenters. The molecule has 1 saturated heterocycles. The van der Waals surface area contributed by atoms with Crippen LogP contribution in [-0.2, 0) is 17.8 Å². The number of aliphatic hydroxyl groups excluding tert-OH is 1. The van der Waals surface area contributed by atoms with Gasteiger partial charge in [0.2, 0.25) is 0 Å². The zero-order valence-corrected chi connectivity index (χ0v) is 18.6. The maximum Gasteiger partial charge on any atom is 0.139 e. The fraction of sp³-hybridized carbons (Fsp3) is 0.435. The Hall–Kier alpha value is -2.32. The van der Waals surface area contributed by atoms with Crippen LogP contribution in [0.25, 0.3) is 16.9 Å². The first kappa shape index (κ1) is 21.9. The monoisotopic (exact) mass is 444 g/mol. The van der Waals surface area contributed by atoms with Gasteiger partial charge in [-0.2, -0.15) is 0 Å². The Bertz CT molecular complexity index is 1050. The normalized spacial score (nSPS) is 14.4. The lowest BCUT2D eigenvalue weighted by Gasteiger charge is -2.30. The number of rotatable bonds is 8. The van der Waals surface area contributed by atoms with Crippen molar-refractivity contribution in [3.63, 3.8) is 0 Å². The van der Waals surface area contributed by atoms with Crippen molar-refractivity contribution in [2.75, 3.05) is 44.9 Å². The lowest BCUT2D eigenvalue weighted by molar-refractivity contribution is 0.122. The van der Waals surface area contributed by atoms with Gasteiger partial charge < -0.3 is 29.6 Å². The average molecular weight is 445 g/mol. The van der Waals surface area contributed by atoms with Gasteiger partial charge in [-0.3, -0.25) is 0 Å². The number of ether oxygens (including phenoxy) is 2. The summed E-state index contributed by atoms with van der Waals surface area (Å²) in [7, 11) is 1.56. The predicted molar refractivity (Wildman–Crippen MR) is 123 cm³/mol. The SMILES string of the molecule is COc1cc(CO)c(-c2cn3cc(CCCCN)c(N4CCOCC4)cc3n2)cc1Cl. The third-order valence-electron chi connectivity index (χ3n) is 5.73. The molecule has 1 aromatic carbocycles. The number of imidazole rings is 1. The lowest BCUT2D eigenvalue weighted by atomic mass is 10.1. The third kappa shape index (κ3) is 4.65. The molecule has 7 nitrogen and oxygen atoms in total. The van der Waals surface area contributed by atoms with Crippen LogP contribution in [0.4, 0.5) is 5.69 Å². The van der Waals surface area contributed by atoms with Crippen LogP contribution < -0.4 is 15.4 Å². The van der Waals surface area contributed by atoms with E-state index in [9.17, 15) is 5.11 Å². The van der Waals surface area contributed by atoms with E-state index in [0.29, 0.717) is 17.3 Å². The first-order valence-electron chi connectivity index (χ1n) is 10.7. The van der Waals surface area contributed by atoms with Crippen molar-refractivity contribution >= 4 is 22.9 Å². The number of nitrogens with two attached hydrogens (primary N) is 1. The molecule has 0 spiro atoms. The Balaban J connectivity index is 1.77. The summed E-state index contributed by atoms with van der Waals surface area (Å²) < 4.78 is 12.9. The molecule has 0 unspecified atom stereocenters. The summed E-state index contributed by atoms with van der Waals surface area (Å²) in [4.78, 5) is 7.23. The van der Waals surface area contributed by atoms with E-state index in [1.54, 1.807) is 19.2 Å². The van der Waals surface area contributed by atoms with Crippen molar-refractivity contribution in [1.29, 1.82) is 0 Å². The highest BCUT2D eigenvalue weighted by molar-refractivity contribution is 6.32. The summed E-state index contributed by atoms with van der Waals surface area (Å²) in [5, 5.41) is 10.4. The standard InChI is InChI=1S/C23H29ClN4O3/c1-30-22-10-17(15-29)18(11-19(22)24)20-14-28-13-16(4-2-3-5-25)21(12-23(28)26-20)27-6-8-31-9-7-27/h10-14,29H,2-9,15,25H2,1H3. The van der Waals surface area contributed by atoms with E-state index in [-0.39, 0.29) is 6.61 Å². The largest absolute Gasteiger partial charge is 0.495 e. The number of hydrogen-bond acceptors (Lipinski definition) is 6. The number of benzene rings is 1. The Morgan fingerprint density at radius 3 is 2.68 bits per heavy atom. The molecular formula is C23H29ClN4O3. The van der Waals surface area contributed by atoms with Crippen LogP contribution in [-0.4, -0.2) is 54.4 Å². The quantitative estimate of drug-likeness (QED) is 0.519. The Morgan fingerprint density at radius 1 is 1.16 bits per heavy atom. The summed E-state index contributed by atoms with van der Waals surface area (Å²) in [5.41, 5.74) is 11.3. The molecule has 2 aromatic heterocycles. The Labute approximate surface area is 187 Å². The molecule has 31 heavy (non-hydrogen) atoms. The molecule has 0 bridgehead atoms. The number of nitrogens with zero attached hydrogens (tertiary/aromatic N) is 3. The number of aromatic nitrogens is 2. The number of morpholine rings is 1. The fourth-order valence-electron chi connectivity index (χ4n) is 4.07. The van der Waals surface area contributed by atoms with Crippen LogP contribution in [0.2, 0.25) is 5.02 Å². The molecular weight excluding hydrogens is 416 g/mol. The van der Waals surface area contributed by atoms with Crippen molar-refractivity contribution in [3.8, 4) is 17.0 Å². The number of aryl methyl sites for hydroxylation is 1. The van der Waals surface area contributed by atoms with E-state index in [4.69, 9.17) is 31.8 Å². The van der Waals surface area contributed by atoms with Crippen LogP contribution in [0.15, 0.2) is 30.6 Å². The number of fused-ring (bicyclic) bond motifs is 1. The van der Waals surface area contributed by atoms with Crippen molar-refractivity contribution in [2.24, 2.45) is 5.73 Å². The fourth-order valence-corrected chi connectivity index (χ4v) is 4.31. The number of anilines is 1. The van der Waals surface area contributed by atoms with Gasteiger partial charge in [0.1, 0.15) is 11.4 Å². The smallest absolute Gasteiger partial charge is 0.139 e. The third-order valence-corrected chi connectivity index (χ3v) is 6.02. The molecule has 0 saturated carbocycles. The van der Waals surface area contributed by atoms with Crippen LogP contribution in [0.5, 0.6) is 5.75 Å². The molecule has 0 aliphatic carbocycles. The van der Waals surface area contributed by atoms with Gasteiger partial charge in [-0.15, -0.1) is 0 Å². The Morgan fingerprint density at radius 2 is 1.97 bits per heavy atom. The van der Waals surface area contributed by atoms with Crippen molar-refractivity contribution in [2.45, 2.75) is 25.9 Å². The van der Waals surface area contributed by atoms with E-state index in [1.807, 2.05) is 6.20 Å². The number of unbranched alkanes of at least 4 members (excludes halogenated alkanes) is 1. The van der Waals surface area contributed by atoms with Crippen molar-refractivity contribution in [3.05, 3.63) is 46.7 Å². The zero-order chi connectivity index (χ0) is 21.8. The van der Waals surface area contributed by atoms with Gasteiger partial charge >= 0.3 is 0 Å². The number of methoxy groups -OCH3 is 1. The molecule has 166 valence electrons. The van der Waals surface area contributed by atoms with Gasteiger partial charge in [-0.05, 0) is 49.1 Å². The summed E-state index contributed by atoms with van der Waals surface area (Å²) >= 11 is 6.36. The summed E-state index contributed by atoms with van der Waals surface area (Å²) in [6.07, 6.45) is 7.16. The van der Waals surface area contributed by atoms with E-state index in [2.05, 4.69) is 21.6 Å². The molecule has 4 rings (SSSR count). The molecule has 3 aromatic rings. The number of halogens is 1. The number of aliphatic hydroxyl groups is 1. The second-order valence-corrected chi connectivity index (χ2v) is 8.13. The van der Waals surface area contributed by atoms with E-state index in [0.717, 1.165) is 68.0 Å². The lowest BCUT2D eigenvalue weighted by Crippen LogP contribution is -2.36. The van der Waals surface area contributed by atoms with Crippen molar-refractivity contribution < 1.29 is 14.6 Å². The summed E-state index contributed by atoms with van der Waals surface area (Å²) in [6, 6.07) is 5.72. The number of hydrogen-bond donors (Lipinski definition) is 2. The molecule has 3 heterocycles. The van der Waals surface area contributed by atoms with Crippen molar-refractivity contribution in [1.82, 2.24) is 9.38 Å². The van der Waals surface area contributed by atoms with Gasteiger partial charge in [-0.25, -0.2) is 4.98 Å². The average Bonchev–Trinajstić information content (AvgIpc) is 3.22. The van der Waals surface area contributed by atoms with Gasteiger partial charge in [0.05, 0.1) is 37.6 Å². The minimum Gasteiger partial charge on any atom is -0.495 e. The summed E-state index contributed by atoms with van der Waals surface area (Å²) in [6.45, 7) is 3.79. The van der Waals surface area contributed by atoms with Crippen LogP contribution in [0, 0.1) is 0 Å². The van der Waals surface area contributed by atoms with E-state index in [1.165, 1.54) is 11.3 Å². The maximum absolute atomic E-state index is 9.88. The van der Waals surface area contributed by atoms with E-state index < -0.39 is 0 Å². The van der Waals surface area contributed by atoms with Crippen LogP contribution in [0.1, 0.15) is 24.0 Å². The van der Waals surface area contributed by atoms with E-state index >= 15 is 0 Å². The van der Waals surface area contributed by atoms with Gasteiger partial charge in [0.15, 0.2) is 0 Å². The first-order chi connectivity index (χ1) is 15.1. The highest BCUT2D eigenvalue weighted by atomic mass is 35.5. The van der Waals surface area contributed by atoms with Gasteiger partial charge in [0.25, 0.3) is 0 Å². The zero-order valence-electron chi connectivity index (χ0n) is 17.8. The molecule has 1 aliphatic rings. The molecule has 0 radical (unpaired) electrons.